The number of hydrogen-bond donors (Lipinski definition) is 4. The molecule has 0 spiro atoms. The van der Waals surface area contributed by atoms with Gasteiger partial charge in [0.1, 0.15) is 11.3 Å². The maximum atomic E-state index is 12.3. The molecule has 0 bridgehead atoms. The molecule has 5 aromatic carbocycles. The Hall–Kier alpha value is -6.47. The van der Waals surface area contributed by atoms with Gasteiger partial charge in [-0.3, -0.25) is 14.4 Å². The van der Waals surface area contributed by atoms with Crippen molar-refractivity contribution < 1.29 is 19.5 Å². The third-order valence-electron chi connectivity index (χ3n) is 7.18. The maximum Gasteiger partial charge on any atom is 0.247 e. The first-order chi connectivity index (χ1) is 23.8. The first kappa shape index (κ1) is 37.0. The second-order valence-corrected chi connectivity index (χ2v) is 10.5. The quantitative estimate of drug-likeness (QED) is 0.0682. The van der Waals surface area contributed by atoms with Crippen LogP contribution in [0, 0.1) is 0 Å². The Balaban J connectivity index is 0.000000220. The number of aromatic hydroxyl groups is 1. The van der Waals surface area contributed by atoms with Gasteiger partial charge in [0.05, 0.1) is 0 Å². The number of phenols is 1. The lowest BCUT2D eigenvalue weighted by molar-refractivity contribution is -0.118. The van der Waals surface area contributed by atoms with Crippen LogP contribution in [0.3, 0.4) is 0 Å². The van der Waals surface area contributed by atoms with Crippen molar-refractivity contribution in [1.82, 2.24) is 10.6 Å². The molecule has 7 nitrogen and oxygen atoms in total. The molecule has 7 heteroatoms. The van der Waals surface area contributed by atoms with Crippen molar-refractivity contribution >= 4 is 23.4 Å². The van der Waals surface area contributed by atoms with E-state index in [1.807, 2.05) is 121 Å². The number of benzene rings is 5. The third-order valence-corrected chi connectivity index (χ3v) is 7.18. The van der Waals surface area contributed by atoms with Crippen LogP contribution < -0.4 is 16.0 Å². The smallest absolute Gasteiger partial charge is 0.247 e. The van der Waals surface area contributed by atoms with Crippen LogP contribution in [0.1, 0.15) is 22.3 Å². The zero-order chi connectivity index (χ0) is 35.3. The molecule has 4 N–H and O–H groups in total. The van der Waals surface area contributed by atoms with Gasteiger partial charge in [-0.15, -0.1) is 0 Å². The van der Waals surface area contributed by atoms with Gasteiger partial charge >= 0.3 is 0 Å². The highest BCUT2D eigenvalue weighted by atomic mass is 16.3. The van der Waals surface area contributed by atoms with E-state index in [1.165, 1.54) is 35.9 Å². The fourth-order valence-electron chi connectivity index (χ4n) is 4.80. The van der Waals surface area contributed by atoms with E-state index in [1.54, 1.807) is 12.1 Å². The van der Waals surface area contributed by atoms with E-state index in [4.69, 9.17) is 5.11 Å². The van der Waals surface area contributed by atoms with Crippen LogP contribution in [0.4, 0.5) is 5.69 Å². The average molecular weight is 652 g/mol. The van der Waals surface area contributed by atoms with E-state index in [-0.39, 0.29) is 23.5 Å². The standard InChI is InChI=1S/C22H19NO.C11H13NO.C9H9NO2/c1-2-21(24)23-22(18-12-6-3-7-13-18,19-14-8-4-9-15-19)20-16-10-5-11-17-20;1-2-11(13)12-9-8-10-6-4-3-5-7-10;1-2-9(12)10-7-3-5-8(11)6-4-7/h2-17H,1H2,(H,23,24);2-7H,1,8-9H2,(H,12,13);2-6,11H,1H2,(H,10,12). The normalized spacial score (nSPS) is 9.96. The lowest BCUT2D eigenvalue weighted by atomic mass is 9.77. The average Bonchev–Trinajstić information content (AvgIpc) is 3.16. The molecule has 248 valence electrons. The van der Waals surface area contributed by atoms with Crippen LogP contribution in [-0.4, -0.2) is 29.4 Å². The van der Waals surface area contributed by atoms with Gasteiger partial charge < -0.3 is 21.1 Å². The largest absolute Gasteiger partial charge is 0.508 e. The minimum atomic E-state index is -0.769. The second kappa shape index (κ2) is 19.9. The summed E-state index contributed by atoms with van der Waals surface area (Å²) < 4.78 is 0. The van der Waals surface area contributed by atoms with Crippen LogP contribution in [0.2, 0.25) is 0 Å². The van der Waals surface area contributed by atoms with Gasteiger partial charge in [0.25, 0.3) is 0 Å². The fraction of sp³-hybridized carbons (Fsp3) is 0.0714. The minimum absolute atomic E-state index is 0.115. The third kappa shape index (κ3) is 11.7. The summed E-state index contributed by atoms with van der Waals surface area (Å²) in [5.41, 5.74) is 4.09. The van der Waals surface area contributed by atoms with Crippen LogP contribution in [0.15, 0.2) is 184 Å². The van der Waals surface area contributed by atoms with Crippen LogP contribution in [0.5, 0.6) is 5.75 Å². The summed E-state index contributed by atoms with van der Waals surface area (Å²) >= 11 is 0. The van der Waals surface area contributed by atoms with Gasteiger partial charge in [-0.25, -0.2) is 0 Å². The Bertz CT molecular complexity index is 1680. The number of amides is 3. The Labute approximate surface area is 288 Å². The van der Waals surface area contributed by atoms with Gasteiger partial charge in [-0.2, -0.15) is 0 Å². The number of rotatable bonds is 11. The summed E-state index contributed by atoms with van der Waals surface area (Å²) in [4.78, 5) is 33.9. The number of carbonyl (C=O) groups is 3. The molecule has 0 fully saturated rings. The molecule has 0 unspecified atom stereocenters. The molecule has 0 saturated heterocycles. The molecule has 0 aliphatic carbocycles. The van der Waals surface area contributed by atoms with Crippen molar-refractivity contribution in [3.05, 3.63) is 206 Å². The molecule has 49 heavy (non-hydrogen) atoms. The van der Waals surface area contributed by atoms with Gasteiger partial charge in [-0.05, 0) is 71.2 Å². The summed E-state index contributed by atoms with van der Waals surface area (Å²) in [6.45, 7) is 11.0. The highest BCUT2D eigenvalue weighted by Crippen LogP contribution is 2.36. The van der Waals surface area contributed by atoms with Gasteiger partial charge in [0.2, 0.25) is 17.7 Å². The minimum Gasteiger partial charge on any atom is -0.508 e. The number of nitrogens with one attached hydrogen (secondary N) is 3. The highest BCUT2D eigenvalue weighted by Gasteiger charge is 2.37. The highest BCUT2D eigenvalue weighted by molar-refractivity contribution is 5.98. The van der Waals surface area contributed by atoms with E-state index in [0.717, 1.165) is 23.1 Å². The zero-order valence-corrected chi connectivity index (χ0v) is 27.3. The molecule has 0 aliphatic heterocycles. The van der Waals surface area contributed by atoms with Crippen molar-refractivity contribution in [3.63, 3.8) is 0 Å². The Morgan fingerprint density at radius 2 is 0.959 bits per heavy atom. The van der Waals surface area contributed by atoms with E-state index in [0.29, 0.717) is 12.2 Å². The second-order valence-electron chi connectivity index (χ2n) is 10.5. The van der Waals surface area contributed by atoms with Crippen molar-refractivity contribution in [1.29, 1.82) is 0 Å². The van der Waals surface area contributed by atoms with Gasteiger partial charge in [-0.1, -0.05) is 141 Å². The van der Waals surface area contributed by atoms with Crippen LogP contribution in [0.25, 0.3) is 0 Å². The van der Waals surface area contributed by atoms with Crippen molar-refractivity contribution in [2.45, 2.75) is 12.0 Å². The molecule has 5 rings (SSSR count). The summed E-state index contributed by atoms with van der Waals surface area (Å²) in [6.07, 6.45) is 4.64. The van der Waals surface area contributed by atoms with Crippen molar-refractivity contribution in [3.8, 4) is 5.75 Å². The molecular weight excluding hydrogens is 610 g/mol. The van der Waals surface area contributed by atoms with E-state index < -0.39 is 5.54 Å². The number of carbonyl (C=O) groups excluding carboxylic acids is 3. The zero-order valence-electron chi connectivity index (χ0n) is 27.3. The van der Waals surface area contributed by atoms with Crippen molar-refractivity contribution in [2.75, 3.05) is 11.9 Å². The van der Waals surface area contributed by atoms with Crippen LogP contribution >= 0.6 is 0 Å². The topological polar surface area (TPSA) is 108 Å². The first-order valence-electron chi connectivity index (χ1n) is 15.6. The molecule has 0 aromatic heterocycles. The Morgan fingerprint density at radius 1 is 0.551 bits per heavy atom. The molecule has 0 radical (unpaired) electrons. The summed E-state index contributed by atoms with van der Waals surface area (Å²) in [5, 5.41) is 17.4. The lowest BCUT2D eigenvalue weighted by Gasteiger charge is -2.36. The molecular formula is C42H41N3O4. The van der Waals surface area contributed by atoms with Gasteiger partial charge in [0.15, 0.2) is 0 Å². The number of hydrogen-bond acceptors (Lipinski definition) is 4. The Kier molecular flexibility index (Phi) is 15.0. The molecule has 3 amide bonds. The fourth-order valence-corrected chi connectivity index (χ4v) is 4.80. The SMILES string of the molecule is C=CC(=O)NC(c1ccccc1)(c1ccccc1)c1ccccc1.C=CC(=O)NCCc1ccccc1.C=CC(=O)Nc1ccc(O)cc1. The molecule has 0 aliphatic rings. The van der Waals surface area contributed by atoms with E-state index in [2.05, 4.69) is 35.7 Å². The van der Waals surface area contributed by atoms with Crippen molar-refractivity contribution in [2.24, 2.45) is 0 Å². The number of phenolic OH excluding ortho intramolecular Hbond substituents is 1. The maximum absolute atomic E-state index is 12.3. The monoisotopic (exact) mass is 651 g/mol. The lowest BCUT2D eigenvalue weighted by Crippen LogP contribution is -2.47. The molecule has 0 atom stereocenters. The predicted octanol–water partition coefficient (Wildman–Crippen LogP) is 7.33. The molecule has 5 aromatic rings. The van der Waals surface area contributed by atoms with E-state index >= 15 is 0 Å². The van der Waals surface area contributed by atoms with Crippen LogP contribution in [-0.2, 0) is 26.3 Å². The molecule has 0 heterocycles. The Morgan fingerprint density at radius 3 is 1.37 bits per heavy atom. The van der Waals surface area contributed by atoms with E-state index in [9.17, 15) is 14.4 Å². The summed E-state index contributed by atoms with van der Waals surface area (Å²) in [6, 6.07) is 46.3. The predicted molar refractivity (Wildman–Crippen MR) is 198 cm³/mol. The summed E-state index contributed by atoms with van der Waals surface area (Å²) in [5.74, 6) is -0.421. The first-order valence-corrected chi connectivity index (χ1v) is 15.6. The summed E-state index contributed by atoms with van der Waals surface area (Å²) in [7, 11) is 0. The number of anilines is 1. The molecule has 0 saturated carbocycles. The van der Waals surface area contributed by atoms with Gasteiger partial charge in [0, 0.05) is 12.2 Å².